The molecule has 5 rings (SSSR count). The molecule has 65 heavy (non-hydrogen) atoms. The number of amides is 2. The largest absolute Gasteiger partial charge is 0.449 e. The summed E-state index contributed by atoms with van der Waals surface area (Å²) in [5, 5.41) is 7.12. The molecule has 1 aliphatic rings. The topological polar surface area (TPSA) is 102 Å². The second-order valence-corrected chi connectivity index (χ2v) is 18.7. The Labute approximate surface area is 393 Å². The predicted octanol–water partition coefficient (Wildman–Crippen LogP) is 14.5. The molecule has 0 aliphatic heterocycles. The lowest BCUT2D eigenvalue weighted by Crippen LogP contribution is -2.50. The molecule has 2 unspecified atom stereocenters. The molecule has 358 valence electrons. The number of ether oxygens (including phenoxy) is 3. The molecule has 1 aliphatic carbocycles. The second kappa shape index (κ2) is 31.7. The molecule has 4 aromatic rings. The summed E-state index contributed by atoms with van der Waals surface area (Å²) in [6, 6.07) is 23.8. The number of aromatic nitrogens is 1. The number of benzene rings is 3. The molecule has 0 spiro atoms. The molecule has 1 heterocycles. The van der Waals surface area contributed by atoms with E-state index in [1.165, 1.54) is 146 Å². The molecule has 0 saturated heterocycles. The highest BCUT2D eigenvalue weighted by Crippen LogP contribution is 2.44. The first-order valence-corrected chi connectivity index (χ1v) is 26.2. The van der Waals surface area contributed by atoms with Crippen molar-refractivity contribution in [3.63, 3.8) is 0 Å². The Hall–Kier alpha value is -4.14. The number of carbonyl (C=O) groups is 2. The van der Waals surface area contributed by atoms with Crippen LogP contribution >= 0.6 is 0 Å². The quantitative estimate of drug-likeness (QED) is 0.0392. The van der Waals surface area contributed by atoms with Crippen molar-refractivity contribution in [2.75, 3.05) is 33.0 Å². The molecular formula is C57H85N3O5. The molecule has 1 aromatic heterocycles. The van der Waals surface area contributed by atoms with Gasteiger partial charge in [-0.2, -0.15) is 0 Å². The number of nitrogens with one attached hydrogen (secondary N) is 3. The average Bonchev–Trinajstić information content (AvgIpc) is 3.89. The first kappa shape index (κ1) is 51.8. The number of hydrogen-bond acceptors (Lipinski definition) is 5. The summed E-state index contributed by atoms with van der Waals surface area (Å²) in [6.07, 6.45) is 32.5. The van der Waals surface area contributed by atoms with Gasteiger partial charge in [-0.15, -0.1) is 0 Å². The van der Waals surface area contributed by atoms with Crippen LogP contribution in [-0.2, 0) is 25.4 Å². The van der Waals surface area contributed by atoms with Gasteiger partial charge in [0.2, 0.25) is 5.91 Å². The summed E-state index contributed by atoms with van der Waals surface area (Å²) in [4.78, 5) is 31.1. The van der Waals surface area contributed by atoms with Crippen molar-refractivity contribution < 1.29 is 23.8 Å². The van der Waals surface area contributed by atoms with Crippen molar-refractivity contribution in [2.45, 2.75) is 192 Å². The average molecular weight is 892 g/mol. The fraction of sp³-hybridized carbons (Fsp3) is 0.614. The number of aromatic amines is 1. The van der Waals surface area contributed by atoms with E-state index in [1.54, 1.807) is 0 Å². The Bertz CT molecular complexity index is 1850. The van der Waals surface area contributed by atoms with Gasteiger partial charge in [0.05, 0.1) is 12.7 Å². The van der Waals surface area contributed by atoms with Gasteiger partial charge in [0.1, 0.15) is 12.6 Å². The van der Waals surface area contributed by atoms with E-state index in [1.807, 2.05) is 54.7 Å². The lowest BCUT2D eigenvalue weighted by atomic mass is 9.98. The van der Waals surface area contributed by atoms with E-state index in [2.05, 4.69) is 53.7 Å². The number of hydrogen-bond donors (Lipinski definition) is 3. The monoisotopic (exact) mass is 892 g/mol. The van der Waals surface area contributed by atoms with Crippen LogP contribution in [0.1, 0.15) is 191 Å². The molecule has 2 atom stereocenters. The number of fused-ring (bicyclic) bond motifs is 4. The Morgan fingerprint density at radius 2 is 1.09 bits per heavy atom. The SMILES string of the molecule is CCCCCCCCCCCCCCOCC(CNC(=O)C(Cc1c[nH]c2ccccc12)NC(=O)OCC1c2ccccc2-c2ccccc21)OCCCCCCCCCCCCCC. The first-order chi connectivity index (χ1) is 32.1. The molecule has 2 amide bonds. The third-order valence-electron chi connectivity index (χ3n) is 13.4. The Kier molecular flexibility index (Phi) is 25.3. The summed E-state index contributed by atoms with van der Waals surface area (Å²) in [5.41, 5.74) is 6.56. The van der Waals surface area contributed by atoms with Crippen molar-refractivity contribution in [3.8, 4) is 11.1 Å². The standard InChI is InChI=1S/C57H85N3O5/c1-3-5-7-9-11-13-15-17-19-21-23-31-39-63-44-47(64-40-32-24-22-20-18-16-14-12-10-8-6-4-2)43-59-56(61)55(41-46-42-58-54-38-30-29-33-48(46)54)60-57(62)65-45-53-51-36-27-25-34-49(51)50-35-26-28-37-52(50)53/h25-30,33-38,42,47,53,55,58H,3-24,31-32,39-41,43-45H2,1-2H3,(H,59,61)(H,60,62). The van der Waals surface area contributed by atoms with Crippen LogP contribution in [0.15, 0.2) is 79.0 Å². The number of alkyl carbamates (subject to hydrolysis) is 1. The minimum atomic E-state index is -0.858. The van der Waals surface area contributed by atoms with Crippen LogP contribution < -0.4 is 10.6 Å². The van der Waals surface area contributed by atoms with Gasteiger partial charge in [-0.3, -0.25) is 4.79 Å². The number of H-pyrrole nitrogens is 1. The van der Waals surface area contributed by atoms with E-state index in [0.29, 0.717) is 32.8 Å². The van der Waals surface area contributed by atoms with E-state index >= 15 is 0 Å². The predicted molar refractivity (Wildman–Crippen MR) is 270 cm³/mol. The lowest BCUT2D eigenvalue weighted by Gasteiger charge is -2.22. The highest BCUT2D eigenvalue weighted by molar-refractivity contribution is 5.88. The van der Waals surface area contributed by atoms with Gasteiger partial charge < -0.3 is 29.8 Å². The van der Waals surface area contributed by atoms with Gasteiger partial charge >= 0.3 is 6.09 Å². The number of carbonyl (C=O) groups excluding carboxylic acids is 2. The highest BCUT2D eigenvalue weighted by Gasteiger charge is 2.30. The molecular weight excluding hydrogens is 807 g/mol. The van der Waals surface area contributed by atoms with Crippen molar-refractivity contribution in [2.24, 2.45) is 0 Å². The van der Waals surface area contributed by atoms with E-state index in [0.717, 1.165) is 46.9 Å². The van der Waals surface area contributed by atoms with Crippen LogP contribution in [0, 0.1) is 0 Å². The van der Waals surface area contributed by atoms with Crippen molar-refractivity contribution in [1.82, 2.24) is 15.6 Å². The molecule has 0 fully saturated rings. The second-order valence-electron chi connectivity index (χ2n) is 18.7. The smallest absolute Gasteiger partial charge is 0.407 e. The summed E-state index contributed by atoms with van der Waals surface area (Å²) in [5.74, 6) is -0.351. The van der Waals surface area contributed by atoms with Crippen LogP contribution in [0.2, 0.25) is 0 Å². The zero-order chi connectivity index (χ0) is 45.6. The van der Waals surface area contributed by atoms with Gasteiger partial charge in [0.15, 0.2) is 0 Å². The fourth-order valence-corrected chi connectivity index (χ4v) is 9.47. The zero-order valence-electron chi connectivity index (χ0n) is 40.5. The summed E-state index contributed by atoms with van der Waals surface area (Å²) < 4.78 is 18.6. The van der Waals surface area contributed by atoms with Crippen LogP contribution in [-0.4, -0.2) is 62.1 Å². The number of unbranched alkanes of at least 4 members (excludes halogenated alkanes) is 22. The summed E-state index contributed by atoms with van der Waals surface area (Å²) in [6.45, 7) is 6.77. The Morgan fingerprint density at radius 3 is 1.66 bits per heavy atom. The van der Waals surface area contributed by atoms with E-state index in [9.17, 15) is 9.59 Å². The van der Waals surface area contributed by atoms with Gasteiger partial charge in [-0.1, -0.05) is 222 Å². The Morgan fingerprint density at radius 1 is 0.600 bits per heavy atom. The zero-order valence-corrected chi connectivity index (χ0v) is 40.5. The van der Waals surface area contributed by atoms with Crippen LogP contribution in [0.3, 0.4) is 0 Å². The van der Waals surface area contributed by atoms with E-state index in [-0.39, 0.29) is 24.5 Å². The van der Waals surface area contributed by atoms with E-state index < -0.39 is 12.1 Å². The van der Waals surface area contributed by atoms with Crippen LogP contribution in [0.5, 0.6) is 0 Å². The van der Waals surface area contributed by atoms with Gasteiger partial charge in [-0.25, -0.2) is 4.79 Å². The van der Waals surface area contributed by atoms with Gasteiger partial charge in [0, 0.05) is 49.2 Å². The summed E-state index contributed by atoms with van der Waals surface area (Å²) in [7, 11) is 0. The Balaban J connectivity index is 1.10. The maximum absolute atomic E-state index is 14.1. The fourth-order valence-electron chi connectivity index (χ4n) is 9.47. The molecule has 3 N–H and O–H groups in total. The van der Waals surface area contributed by atoms with Crippen molar-refractivity contribution >= 4 is 22.9 Å². The minimum Gasteiger partial charge on any atom is -0.449 e. The third-order valence-corrected chi connectivity index (χ3v) is 13.4. The first-order valence-electron chi connectivity index (χ1n) is 26.2. The maximum Gasteiger partial charge on any atom is 0.407 e. The third kappa shape index (κ3) is 18.9. The normalized spacial score (nSPS) is 13.1. The molecule has 0 saturated carbocycles. The van der Waals surface area contributed by atoms with Crippen LogP contribution in [0.4, 0.5) is 4.79 Å². The molecule has 0 radical (unpaired) electrons. The molecule has 8 nitrogen and oxygen atoms in total. The lowest BCUT2D eigenvalue weighted by molar-refractivity contribution is -0.124. The van der Waals surface area contributed by atoms with Crippen LogP contribution in [0.25, 0.3) is 22.0 Å². The van der Waals surface area contributed by atoms with E-state index in [4.69, 9.17) is 14.2 Å². The maximum atomic E-state index is 14.1. The highest BCUT2D eigenvalue weighted by atomic mass is 16.5. The summed E-state index contributed by atoms with van der Waals surface area (Å²) >= 11 is 0. The molecule has 3 aromatic carbocycles. The number of rotatable bonds is 37. The van der Waals surface area contributed by atoms with Crippen molar-refractivity contribution in [3.05, 3.63) is 95.7 Å². The van der Waals surface area contributed by atoms with Gasteiger partial charge in [-0.05, 0) is 46.7 Å². The molecule has 0 bridgehead atoms. The minimum absolute atomic E-state index is 0.0769. The van der Waals surface area contributed by atoms with Gasteiger partial charge in [0.25, 0.3) is 0 Å². The van der Waals surface area contributed by atoms with Crippen molar-refractivity contribution in [1.29, 1.82) is 0 Å². The number of para-hydroxylation sites is 1. The molecule has 8 heteroatoms.